The van der Waals surface area contributed by atoms with Crippen LogP contribution in [-0.2, 0) is 20.8 Å². The molecule has 2 rings (SSSR count). The van der Waals surface area contributed by atoms with Crippen molar-refractivity contribution in [3.05, 3.63) is 30.1 Å². The van der Waals surface area contributed by atoms with E-state index in [0.29, 0.717) is 26.2 Å². The molecular formula is C17H26N2O3. The second-order valence-electron chi connectivity index (χ2n) is 5.88. The van der Waals surface area contributed by atoms with E-state index in [1.165, 1.54) is 0 Å². The van der Waals surface area contributed by atoms with E-state index in [9.17, 15) is 4.79 Å². The lowest BCUT2D eigenvalue weighted by molar-refractivity contribution is -0.160. The van der Waals surface area contributed by atoms with Crippen LogP contribution in [0.3, 0.4) is 0 Å². The van der Waals surface area contributed by atoms with Crippen LogP contribution in [-0.4, -0.2) is 49.3 Å². The van der Waals surface area contributed by atoms with E-state index in [1.54, 1.807) is 7.11 Å². The topological polar surface area (TPSA) is 51.7 Å². The Morgan fingerprint density at radius 3 is 3.00 bits per heavy atom. The molecule has 0 radical (unpaired) electrons. The lowest BCUT2D eigenvalue weighted by Gasteiger charge is -2.40. The van der Waals surface area contributed by atoms with Crippen molar-refractivity contribution in [1.82, 2.24) is 9.88 Å². The van der Waals surface area contributed by atoms with Gasteiger partial charge in [-0.3, -0.25) is 14.7 Å². The first-order valence-corrected chi connectivity index (χ1v) is 7.98. The lowest BCUT2D eigenvalue weighted by atomic mass is 9.77. The van der Waals surface area contributed by atoms with E-state index >= 15 is 0 Å². The fourth-order valence-electron chi connectivity index (χ4n) is 3.14. The maximum Gasteiger partial charge on any atom is 0.313 e. The molecule has 1 atom stereocenters. The van der Waals surface area contributed by atoms with Gasteiger partial charge in [0, 0.05) is 33.0 Å². The van der Waals surface area contributed by atoms with Crippen molar-refractivity contribution in [3.63, 3.8) is 0 Å². The Balaban J connectivity index is 2.07. The highest BCUT2D eigenvalue weighted by Crippen LogP contribution is 2.35. The molecule has 1 unspecified atom stereocenters. The van der Waals surface area contributed by atoms with Crippen LogP contribution in [0.2, 0.25) is 0 Å². The molecule has 1 fully saturated rings. The molecule has 5 nitrogen and oxygen atoms in total. The maximum absolute atomic E-state index is 12.5. The lowest BCUT2D eigenvalue weighted by Crippen LogP contribution is -2.48. The van der Waals surface area contributed by atoms with Gasteiger partial charge in [-0.1, -0.05) is 6.07 Å². The van der Waals surface area contributed by atoms with Crippen LogP contribution in [0.15, 0.2) is 24.4 Å². The Labute approximate surface area is 132 Å². The second kappa shape index (κ2) is 8.25. The summed E-state index contributed by atoms with van der Waals surface area (Å²) in [4.78, 5) is 19.2. The summed E-state index contributed by atoms with van der Waals surface area (Å²) < 4.78 is 10.6. The Hall–Kier alpha value is -1.46. The molecule has 0 spiro atoms. The van der Waals surface area contributed by atoms with Gasteiger partial charge in [0.15, 0.2) is 0 Å². The highest BCUT2D eigenvalue weighted by atomic mass is 16.5. The molecule has 122 valence electrons. The first-order valence-electron chi connectivity index (χ1n) is 7.98. The number of methoxy groups -OCH3 is 1. The summed E-state index contributed by atoms with van der Waals surface area (Å²) >= 11 is 0. The molecule has 1 aliphatic rings. The van der Waals surface area contributed by atoms with E-state index in [0.717, 1.165) is 31.6 Å². The Bertz CT molecular complexity index is 466. The number of pyridine rings is 1. The second-order valence-corrected chi connectivity index (χ2v) is 5.88. The van der Waals surface area contributed by atoms with Gasteiger partial charge in [-0.15, -0.1) is 0 Å². The molecule has 0 amide bonds. The zero-order valence-electron chi connectivity index (χ0n) is 13.6. The van der Waals surface area contributed by atoms with Gasteiger partial charge >= 0.3 is 5.97 Å². The Morgan fingerprint density at radius 1 is 1.45 bits per heavy atom. The average molecular weight is 306 g/mol. The predicted octanol–water partition coefficient (Wildman–Crippen LogP) is 2.26. The Kier molecular flexibility index (Phi) is 6.34. The molecule has 1 aliphatic heterocycles. The summed E-state index contributed by atoms with van der Waals surface area (Å²) in [6.07, 6.45) is 4.38. The molecule has 1 saturated heterocycles. The summed E-state index contributed by atoms with van der Waals surface area (Å²) in [6, 6.07) is 5.94. The van der Waals surface area contributed by atoms with Crippen molar-refractivity contribution in [1.29, 1.82) is 0 Å². The van der Waals surface area contributed by atoms with Crippen molar-refractivity contribution in [3.8, 4) is 0 Å². The Morgan fingerprint density at radius 2 is 2.32 bits per heavy atom. The van der Waals surface area contributed by atoms with Crippen molar-refractivity contribution >= 4 is 5.97 Å². The van der Waals surface area contributed by atoms with Gasteiger partial charge in [0.05, 0.1) is 17.7 Å². The molecule has 5 heteroatoms. The fourth-order valence-corrected chi connectivity index (χ4v) is 3.14. The minimum atomic E-state index is -0.445. The third-order valence-corrected chi connectivity index (χ3v) is 4.26. The minimum absolute atomic E-state index is 0.0854. The molecule has 0 bridgehead atoms. The van der Waals surface area contributed by atoms with Crippen molar-refractivity contribution in [2.24, 2.45) is 5.41 Å². The van der Waals surface area contributed by atoms with Gasteiger partial charge in [0.2, 0.25) is 0 Å². The van der Waals surface area contributed by atoms with Crippen molar-refractivity contribution < 1.29 is 14.3 Å². The van der Waals surface area contributed by atoms with Crippen LogP contribution >= 0.6 is 0 Å². The van der Waals surface area contributed by atoms with E-state index in [1.807, 2.05) is 31.3 Å². The van der Waals surface area contributed by atoms with E-state index < -0.39 is 5.41 Å². The van der Waals surface area contributed by atoms with Gasteiger partial charge in [0.1, 0.15) is 0 Å². The number of hydrogen-bond acceptors (Lipinski definition) is 5. The molecular weight excluding hydrogens is 280 g/mol. The van der Waals surface area contributed by atoms with Crippen LogP contribution in [0, 0.1) is 5.41 Å². The molecule has 1 aromatic rings. The molecule has 0 aliphatic carbocycles. The number of rotatable bonds is 7. The summed E-state index contributed by atoms with van der Waals surface area (Å²) in [5.41, 5.74) is 0.591. The first kappa shape index (κ1) is 16.9. The minimum Gasteiger partial charge on any atom is -0.466 e. The monoisotopic (exact) mass is 306 g/mol. The summed E-state index contributed by atoms with van der Waals surface area (Å²) in [6.45, 7) is 5.34. The fraction of sp³-hybridized carbons (Fsp3) is 0.647. The van der Waals surface area contributed by atoms with Crippen molar-refractivity contribution in [2.75, 3.05) is 33.4 Å². The zero-order valence-corrected chi connectivity index (χ0v) is 13.6. The normalized spacial score (nSPS) is 22.5. The number of likely N-dealkylation sites (tertiary alicyclic amines) is 1. The number of nitrogens with zero attached hydrogens (tertiary/aromatic N) is 2. The summed E-state index contributed by atoms with van der Waals surface area (Å²) in [5.74, 6) is -0.0854. The quantitative estimate of drug-likeness (QED) is 0.723. The number of esters is 1. The zero-order chi connectivity index (χ0) is 15.8. The average Bonchev–Trinajstić information content (AvgIpc) is 2.54. The maximum atomic E-state index is 12.5. The van der Waals surface area contributed by atoms with Crippen LogP contribution in [0.25, 0.3) is 0 Å². The molecule has 0 N–H and O–H groups in total. The number of carbonyl (C=O) groups excluding carboxylic acids is 1. The van der Waals surface area contributed by atoms with E-state index in [2.05, 4.69) is 9.88 Å². The van der Waals surface area contributed by atoms with Gasteiger partial charge < -0.3 is 9.47 Å². The third-order valence-electron chi connectivity index (χ3n) is 4.26. The van der Waals surface area contributed by atoms with Gasteiger partial charge in [-0.2, -0.15) is 0 Å². The van der Waals surface area contributed by atoms with Crippen LogP contribution in [0.4, 0.5) is 0 Å². The molecule has 1 aromatic heterocycles. The highest BCUT2D eigenvalue weighted by molar-refractivity contribution is 5.77. The number of piperidine rings is 1. The number of carbonyl (C=O) groups is 1. The third kappa shape index (κ3) is 4.27. The van der Waals surface area contributed by atoms with Crippen molar-refractivity contribution in [2.45, 2.75) is 32.7 Å². The molecule has 22 heavy (non-hydrogen) atoms. The number of ether oxygens (including phenoxy) is 2. The summed E-state index contributed by atoms with van der Waals surface area (Å²) in [5, 5.41) is 0. The first-order chi connectivity index (χ1) is 10.7. The van der Waals surface area contributed by atoms with Gasteiger partial charge in [-0.25, -0.2) is 0 Å². The van der Waals surface area contributed by atoms with Crippen LogP contribution < -0.4 is 0 Å². The van der Waals surface area contributed by atoms with E-state index in [4.69, 9.17) is 9.47 Å². The smallest absolute Gasteiger partial charge is 0.313 e. The number of hydrogen-bond donors (Lipinski definition) is 0. The molecule has 0 aromatic carbocycles. The number of aromatic nitrogens is 1. The standard InChI is InChI=1S/C17H26N2O3/c1-3-22-16(20)17(9-12-21-2)8-6-11-19(14-17)13-15-7-4-5-10-18-15/h4-5,7,10H,3,6,8-9,11-14H2,1-2H3. The van der Waals surface area contributed by atoms with Crippen LogP contribution in [0.5, 0.6) is 0 Å². The van der Waals surface area contributed by atoms with E-state index in [-0.39, 0.29) is 5.97 Å². The molecule has 2 heterocycles. The highest BCUT2D eigenvalue weighted by Gasteiger charge is 2.43. The van der Waals surface area contributed by atoms with Gasteiger partial charge in [0.25, 0.3) is 0 Å². The SMILES string of the molecule is CCOC(=O)C1(CCOC)CCCN(Cc2ccccn2)C1. The molecule has 0 saturated carbocycles. The largest absolute Gasteiger partial charge is 0.466 e. The predicted molar refractivity (Wildman–Crippen MR) is 84.3 cm³/mol. The summed E-state index contributed by atoms with van der Waals surface area (Å²) in [7, 11) is 1.67. The van der Waals surface area contributed by atoms with Gasteiger partial charge in [-0.05, 0) is 44.9 Å². The van der Waals surface area contributed by atoms with Crippen LogP contribution in [0.1, 0.15) is 31.9 Å².